The summed E-state index contributed by atoms with van der Waals surface area (Å²) in [6.07, 6.45) is 5.80. The third-order valence-corrected chi connectivity index (χ3v) is 4.81. The van der Waals surface area contributed by atoms with E-state index in [0.29, 0.717) is 31.4 Å². The summed E-state index contributed by atoms with van der Waals surface area (Å²) in [5, 5.41) is 4.14. The van der Waals surface area contributed by atoms with Crippen molar-refractivity contribution in [2.24, 2.45) is 7.05 Å². The van der Waals surface area contributed by atoms with E-state index in [-0.39, 0.29) is 11.3 Å². The van der Waals surface area contributed by atoms with E-state index in [0.717, 1.165) is 25.1 Å². The lowest BCUT2D eigenvalue weighted by Crippen LogP contribution is -2.46. The van der Waals surface area contributed by atoms with Crippen LogP contribution in [0.1, 0.15) is 41.6 Å². The van der Waals surface area contributed by atoms with Gasteiger partial charge in [-0.2, -0.15) is 4.98 Å². The van der Waals surface area contributed by atoms with Crippen molar-refractivity contribution in [1.29, 1.82) is 0 Å². The zero-order valence-electron chi connectivity index (χ0n) is 14.4. The molecule has 24 heavy (non-hydrogen) atoms. The molecule has 1 saturated heterocycles. The molecule has 3 heterocycles. The molecule has 2 aromatic heterocycles. The Morgan fingerprint density at radius 2 is 2.17 bits per heavy atom. The Balaban J connectivity index is 1.74. The van der Waals surface area contributed by atoms with Gasteiger partial charge in [0.25, 0.3) is 5.91 Å². The fraction of sp³-hybridized carbons (Fsp3) is 0.625. The number of nitrogens with zero attached hydrogens (tertiary/aromatic N) is 5. The predicted octanol–water partition coefficient (Wildman–Crippen LogP) is 1.32. The van der Waals surface area contributed by atoms with Crippen LogP contribution in [-0.4, -0.2) is 57.3 Å². The number of rotatable bonds is 5. The summed E-state index contributed by atoms with van der Waals surface area (Å²) in [6.45, 7) is 3.70. The molecule has 0 aliphatic carbocycles. The number of hydrogen-bond acceptors (Lipinski definition) is 6. The molecule has 0 bridgehead atoms. The minimum atomic E-state index is -0.202. The lowest BCUT2D eigenvalue weighted by Gasteiger charge is -2.39. The molecule has 8 nitrogen and oxygen atoms in total. The van der Waals surface area contributed by atoms with Crippen LogP contribution in [-0.2, 0) is 17.2 Å². The number of ether oxygens (including phenoxy) is 1. The molecule has 8 heteroatoms. The van der Waals surface area contributed by atoms with Gasteiger partial charge in [-0.1, -0.05) is 5.16 Å². The molecule has 2 aromatic rings. The molecule has 1 aliphatic rings. The van der Waals surface area contributed by atoms with Crippen molar-refractivity contribution in [3.05, 3.63) is 29.9 Å². The lowest BCUT2D eigenvalue weighted by molar-refractivity contribution is 0.0601. The summed E-state index contributed by atoms with van der Waals surface area (Å²) < 4.78 is 12.2. The largest absolute Gasteiger partial charge is 0.385 e. The molecule has 0 N–H and O–H groups in total. The average molecular weight is 333 g/mol. The first-order valence-electron chi connectivity index (χ1n) is 8.12. The Bertz CT molecular complexity index is 700. The first-order chi connectivity index (χ1) is 11.6. The minimum absolute atomic E-state index is 0.0351. The van der Waals surface area contributed by atoms with Crippen LogP contribution in [0.5, 0.6) is 0 Å². The van der Waals surface area contributed by atoms with Gasteiger partial charge in [-0.3, -0.25) is 4.79 Å². The van der Waals surface area contributed by atoms with Crippen LogP contribution < -0.4 is 0 Å². The fourth-order valence-electron chi connectivity index (χ4n) is 3.25. The predicted molar refractivity (Wildman–Crippen MR) is 85.6 cm³/mol. The first-order valence-corrected chi connectivity index (χ1v) is 8.12. The second-order valence-electron chi connectivity index (χ2n) is 6.31. The maximum atomic E-state index is 12.6. The van der Waals surface area contributed by atoms with Crippen LogP contribution in [0, 0.1) is 6.92 Å². The number of methoxy groups -OCH3 is 1. The molecule has 0 unspecified atom stereocenters. The SMILES string of the molecule is COCCC1(c2noc(C)n2)CCN(C(=O)c2nccn2C)CC1. The van der Waals surface area contributed by atoms with Gasteiger partial charge in [-0.25, -0.2) is 4.98 Å². The summed E-state index contributed by atoms with van der Waals surface area (Å²) in [7, 11) is 3.52. The Morgan fingerprint density at radius 1 is 1.42 bits per heavy atom. The Hall–Kier alpha value is -2.22. The third-order valence-electron chi connectivity index (χ3n) is 4.81. The topological polar surface area (TPSA) is 86.3 Å². The monoisotopic (exact) mass is 333 g/mol. The highest BCUT2D eigenvalue weighted by Gasteiger charge is 2.41. The highest BCUT2D eigenvalue weighted by atomic mass is 16.5. The maximum absolute atomic E-state index is 12.6. The molecule has 0 aromatic carbocycles. The van der Waals surface area contributed by atoms with Gasteiger partial charge in [-0.05, 0) is 19.3 Å². The highest BCUT2D eigenvalue weighted by Crippen LogP contribution is 2.37. The second kappa shape index (κ2) is 6.72. The van der Waals surface area contributed by atoms with E-state index in [1.165, 1.54) is 0 Å². The van der Waals surface area contributed by atoms with Gasteiger partial charge in [0.15, 0.2) is 11.6 Å². The number of amides is 1. The summed E-state index contributed by atoms with van der Waals surface area (Å²) >= 11 is 0. The molecule has 1 fully saturated rings. The van der Waals surface area contributed by atoms with E-state index in [1.807, 2.05) is 11.9 Å². The average Bonchev–Trinajstić information content (AvgIpc) is 3.21. The normalized spacial score (nSPS) is 17.2. The van der Waals surface area contributed by atoms with Gasteiger partial charge >= 0.3 is 0 Å². The summed E-state index contributed by atoms with van der Waals surface area (Å²) in [6, 6.07) is 0. The summed E-state index contributed by atoms with van der Waals surface area (Å²) in [4.78, 5) is 23.1. The van der Waals surface area contributed by atoms with Gasteiger partial charge in [0.2, 0.25) is 5.89 Å². The molecule has 130 valence electrons. The van der Waals surface area contributed by atoms with Crippen molar-refractivity contribution < 1.29 is 14.1 Å². The number of imidazole rings is 1. The van der Waals surface area contributed by atoms with E-state index in [4.69, 9.17) is 9.26 Å². The van der Waals surface area contributed by atoms with E-state index in [9.17, 15) is 4.79 Å². The summed E-state index contributed by atoms with van der Waals surface area (Å²) in [5.41, 5.74) is -0.202. The molecule has 0 atom stereocenters. The van der Waals surface area contributed by atoms with Crippen LogP contribution in [0.3, 0.4) is 0 Å². The standard InChI is InChI=1S/C16H23N5O3/c1-12-18-15(19-24-12)16(6-11-23-3)4-8-21(9-5-16)14(22)13-17-7-10-20(13)2/h7,10H,4-6,8-9,11H2,1-3H3. The number of likely N-dealkylation sites (tertiary alicyclic amines) is 1. The zero-order chi connectivity index (χ0) is 17.2. The highest BCUT2D eigenvalue weighted by molar-refractivity contribution is 5.90. The van der Waals surface area contributed by atoms with Crippen LogP contribution in [0.25, 0.3) is 0 Å². The molecule has 0 saturated carbocycles. The minimum Gasteiger partial charge on any atom is -0.385 e. The third kappa shape index (κ3) is 3.06. The Morgan fingerprint density at radius 3 is 2.71 bits per heavy atom. The van der Waals surface area contributed by atoms with Gasteiger partial charge in [0.1, 0.15) is 0 Å². The lowest BCUT2D eigenvalue weighted by atomic mass is 9.75. The molecular weight excluding hydrogens is 310 g/mol. The van der Waals surface area contributed by atoms with Gasteiger partial charge in [0, 0.05) is 58.6 Å². The Kier molecular flexibility index (Phi) is 4.66. The number of aromatic nitrogens is 4. The Labute approximate surface area is 140 Å². The van der Waals surface area contributed by atoms with Gasteiger partial charge < -0.3 is 18.7 Å². The maximum Gasteiger partial charge on any atom is 0.289 e. The van der Waals surface area contributed by atoms with Crippen LogP contribution >= 0.6 is 0 Å². The fourth-order valence-corrected chi connectivity index (χ4v) is 3.25. The van der Waals surface area contributed by atoms with Crippen molar-refractivity contribution in [2.45, 2.75) is 31.6 Å². The van der Waals surface area contributed by atoms with Crippen LogP contribution in [0.2, 0.25) is 0 Å². The molecule has 1 amide bonds. The second-order valence-corrected chi connectivity index (χ2v) is 6.31. The smallest absolute Gasteiger partial charge is 0.289 e. The van der Waals surface area contributed by atoms with Crippen molar-refractivity contribution >= 4 is 5.91 Å². The number of piperidine rings is 1. The van der Waals surface area contributed by atoms with Crippen LogP contribution in [0.15, 0.2) is 16.9 Å². The van der Waals surface area contributed by atoms with E-state index < -0.39 is 0 Å². The molecule has 0 radical (unpaired) electrons. The van der Waals surface area contributed by atoms with E-state index in [1.54, 1.807) is 31.0 Å². The van der Waals surface area contributed by atoms with Crippen molar-refractivity contribution in [3.8, 4) is 0 Å². The summed E-state index contributed by atoms with van der Waals surface area (Å²) in [5.74, 6) is 1.72. The van der Waals surface area contributed by atoms with Crippen molar-refractivity contribution in [2.75, 3.05) is 26.8 Å². The molecular formula is C16H23N5O3. The van der Waals surface area contributed by atoms with Gasteiger partial charge in [0.05, 0.1) is 0 Å². The quantitative estimate of drug-likeness (QED) is 0.820. The van der Waals surface area contributed by atoms with Crippen LogP contribution in [0.4, 0.5) is 0 Å². The number of hydrogen-bond donors (Lipinski definition) is 0. The molecule has 1 aliphatic heterocycles. The zero-order valence-corrected chi connectivity index (χ0v) is 14.4. The molecule has 0 spiro atoms. The van der Waals surface area contributed by atoms with Crippen molar-refractivity contribution in [1.82, 2.24) is 24.6 Å². The number of carbonyl (C=O) groups is 1. The van der Waals surface area contributed by atoms with Crippen molar-refractivity contribution in [3.63, 3.8) is 0 Å². The van der Waals surface area contributed by atoms with E-state index >= 15 is 0 Å². The molecule has 3 rings (SSSR count). The first kappa shape index (κ1) is 16.6. The van der Waals surface area contributed by atoms with Gasteiger partial charge in [-0.15, -0.1) is 0 Å². The van der Waals surface area contributed by atoms with E-state index in [2.05, 4.69) is 15.1 Å². The number of aryl methyl sites for hydroxylation is 2. The number of carbonyl (C=O) groups excluding carboxylic acids is 1.